The first-order valence-corrected chi connectivity index (χ1v) is 14.8. The van der Waals surface area contributed by atoms with Crippen molar-refractivity contribution < 1.29 is 22.2 Å². The summed E-state index contributed by atoms with van der Waals surface area (Å²) in [6.45, 7) is 5.26. The van der Waals surface area contributed by atoms with Gasteiger partial charge in [-0.15, -0.1) is 0 Å². The quantitative estimate of drug-likeness (QED) is 0.106. The van der Waals surface area contributed by atoms with Gasteiger partial charge in [-0.1, -0.05) is 71.2 Å². The predicted molar refractivity (Wildman–Crippen MR) is 167 cm³/mol. The van der Waals surface area contributed by atoms with Crippen molar-refractivity contribution in [1.29, 1.82) is 0 Å². The number of benzene rings is 3. The average Bonchev–Trinajstić information content (AvgIpc) is 3.71. The number of halogens is 1. The van der Waals surface area contributed by atoms with Crippen LogP contribution in [0.2, 0.25) is 0 Å². The third kappa shape index (κ3) is 7.96. The molecule has 1 unspecified atom stereocenters. The van der Waals surface area contributed by atoms with E-state index in [1.807, 2.05) is 42.5 Å². The van der Waals surface area contributed by atoms with Gasteiger partial charge in [0.15, 0.2) is 0 Å². The van der Waals surface area contributed by atoms with Gasteiger partial charge in [0.2, 0.25) is 0 Å². The summed E-state index contributed by atoms with van der Waals surface area (Å²) < 4.78 is 1.07. The zero-order valence-corrected chi connectivity index (χ0v) is 25.5. The van der Waals surface area contributed by atoms with Crippen LogP contribution < -0.4 is 0 Å². The van der Waals surface area contributed by atoms with Gasteiger partial charge < -0.3 is 10.0 Å². The Morgan fingerprint density at radius 1 is 0.825 bits per heavy atom. The molecule has 5 heteroatoms. The fraction of sp³-hybridized carbons (Fsp3) is 0.257. The minimum atomic E-state index is 0. The van der Waals surface area contributed by atoms with Crippen LogP contribution in [0.15, 0.2) is 120 Å². The molecule has 0 bridgehead atoms. The summed E-state index contributed by atoms with van der Waals surface area (Å²) >= 11 is 3.67. The van der Waals surface area contributed by atoms with E-state index in [-0.39, 0.29) is 23.1 Å². The summed E-state index contributed by atoms with van der Waals surface area (Å²) in [6, 6.07) is 39.5. The zero-order chi connectivity index (χ0) is 26.9. The average molecular weight is 637 g/mol. The first-order chi connectivity index (χ1) is 19.2. The molecule has 1 heterocycles. The normalized spacial score (nSPS) is 14.7. The Balaban J connectivity index is 0.000000557. The third-order valence-electron chi connectivity index (χ3n) is 7.63. The molecular formula is C35H37BrFeN2O. The molecule has 6 rings (SSSR count). The molecule has 0 aromatic heterocycles. The standard InChI is InChI=1S/C30H32BrN2O.C5H5.Fe/c31-26-13-7-12-25(22-26)30(29-27-14-4-3-11-24(27)15-16-28(29)34)33-20-18-32(19-21-33)17-6-5-10-23-8-1-2-9-23;1-2-4-5-3-1;/h1-4,7-9,11-16,22,30,34H,5-6,10,17-21H2;1-5H;/q2*-1;+2. The van der Waals surface area contributed by atoms with E-state index in [1.165, 1.54) is 35.8 Å². The smallest absolute Gasteiger partial charge is 0.508 e. The first-order valence-electron chi connectivity index (χ1n) is 14.0. The maximum atomic E-state index is 11.1. The Kier molecular flexibility index (Phi) is 11.6. The molecule has 208 valence electrons. The van der Waals surface area contributed by atoms with Crippen molar-refractivity contribution >= 4 is 26.7 Å². The zero-order valence-electron chi connectivity index (χ0n) is 22.8. The van der Waals surface area contributed by atoms with Crippen LogP contribution in [0.5, 0.6) is 5.75 Å². The van der Waals surface area contributed by atoms with Crippen molar-refractivity contribution in [1.82, 2.24) is 9.80 Å². The van der Waals surface area contributed by atoms with E-state index in [4.69, 9.17) is 0 Å². The fourth-order valence-electron chi connectivity index (χ4n) is 5.62. The Labute approximate surface area is 257 Å². The van der Waals surface area contributed by atoms with Gasteiger partial charge in [-0.25, -0.2) is 24.3 Å². The van der Waals surface area contributed by atoms with Crippen LogP contribution in [0.4, 0.5) is 0 Å². The van der Waals surface area contributed by atoms with Crippen molar-refractivity contribution in [2.45, 2.75) is 25.3 Å². The molecule has 0 radical (unpaired) electrons. The van der Waals surface area contributed by atoms with Crippen LogP contribution in [-0.4, -0.2) is 47.6 Å². The third-order valence-corrected chi connectivity index (χ3v) is 8.13. The van der Waals surface area contributed by atoms with E-state index in [9.17, 15) is 5.11 Å². The second-order valence-corrected chi connectivity index (χ2v) is 11.2. The van der Waals surface area contributed by atoms with E-state index in [0.717, 1.165) is 48.1 Å². The van der Waals surface area contributed by atoms with Crippen molar-refractivity contribution in [3.63, 3.8) is 0 Å². The van der Waals surface area contributed by atoms with E-state index in [0.29, 0.717) is 5.75 Å². The van der Waals surface area contributed by atoms with Gasteiger partial charge in [0.05, 0.1) is 6.04 Å². The summed E-state index contributed by atoms with van der Waals surface area (Å²) in [5.41, 5.74) is 3.68. The topological polar surface area (TPSA) is 26.7 Å². The molecule has 1 aliphatic heterocycles. The number of phenols is 1. The molecule has 1 aliphatic rings. The number of piperazine rings is 1. The van der Waals surface area contributed by atoms with Crippen LogP contribution in [0.1, 0.15) is 35.6 Å². The SMILES string of the molecule is Oc1ccc2ccccc2c1C(c1cccc(Br)c1)N1CCN(CCCC[c-]2cccc2)CC1.[Fe+2].c1cc[cH-]c1. The predicted octanol–water partition coefficient (Wildman–Crippen LogP) is 8.16. The summed E-state index contributed by atoms with van der Waals surface area (Å²) in [7, 11) is 0. The van der Waals surface area contributed by atoms with Gasteiger partial charge in [0.25, 0.3) is 0 Å². The molecule has 0 saturated carbocycles. The summed E-state index contributed by atoms with van der Waals surface area (Å²) in [5, 5.41) is 13.4. The van der Waals surface area contributed by atoms with E-state index in [2.05, 4.69) is 98.5 Å². The minimum absolute atomic E-state index is 0. The molecule has 5 aromatic rings. The van der Waals surface area contributed by atoms with Crippen molar-refractivity contribution in [3.8, 4) is 5.75 Å². The Morgan fingerprint density at radius 3 is 2.27 bits per heavy atom. The molecular weight excluding hydrogens is 600 g/mol. The maximum Gasteiger partial charge on any atom is 2.00 e. The van der Waals surface area contributed by atoms with Gasteiger partial charge in [0.1, 0.15) is 5.75 Å². The minimum Gasteiger partial charge on any atom is -0.508 e. The number of fused-ring (bicyclic) bond motifs is 1. The van der Waals surface area contributed by atoms with Crippen LogP contribution in [0, 0.1) is 0 Å². The summed E-state index contributed by atoms with van der Waals surface area (Å²) in [5.74, 6) is 0.374. The number of aryl methyl sites for hydroxylation is 1. The fourth-order valence-corrected chi connectivity index (χ4v) is 6.04. The molecule has 40 heavy (non-hydrogen) atoms. The number of nitrogens with zero attached hydrogens (tertiary/aromatic N) is 2. The van der Waals surface area contributed by atoms with Crippen molar-refractivity contribution in [2.75, 3.05) is 32.7 Å². The monoisotopic (exact) mass is 636 g/mol. The molecule has 1 N–H and O–H groups in total. The Bertz CT molecular complexity index is 1390. The molecule has 1 saturated heterocycles. The largest absolute Gasteiger partial charge is 2.00 e. The molecule has 0 aliphatic carbocycles. The van der Waals surface area contributed by atoms with Gasteiger partial charge in [-0.05, 0) is 47.5 Å². The summed E-state index contributed by atoms with van der Waals surface area (Å²) in [4.78, 5) is 5.14. The van der Waals surface area contributed by atoms with Crippen LogP contribution in [0.25, 0.3) is 10.8 Å². The van der Waals surface area contributed by atoms with Crippen molar-refractivity contribution in [3.05, 3.63) is 136 Å². The first kappa shape index (κ1) is 30.3. The van der Waals surface area contributed by atoms with Gasteiger partial charge >= 0.3 is 17.1 Å². The molecule has 0 amide bonds. The Hall–Kier alpha value is -2.66. The molecule has 1 fully saturated rings. The number of aromatic hydroxyl groups is 1. The summed E-state index contributed by atoms with van der Waals surface area (Å²) in [6.07, 6.45) is 3.66. The van der Waals surface area contributed by atoms with Gasteiger partial charge in [-0.3, -0.25) is 4.90 Å². The molecule has 5 aromatic carbocycles. The van der Waals surface area contributed by atoms with Gasteiger partial charge in [0, 0.05) is 36.2 Å². The van der Waals surface area contributed by atoms with E-state index in [1.54, 1.807) is 0 Å². The van der Waals surface area contributed by atoms with Gasteiger partial charge in [-0.2, -0.15) is 35.9 Å². The number of phenolic OH excluding ortho intramolecular Hbond substituents is 1. The number of hydrogen-bond acceptors (Lipinski definition) is 3. The number of unbranched alkanes of at least 4 members (excludes halogenated alkanes) is 1. The number of rotatable bonds is 8. The van der Waals surface area contributed by atoms with E-state index >= 15 is 0 Å². The van der Waals surface area contributed by atoms with Crippen molar-refractivity contribution in [2.24, 2.45) is 0 Å². The second-order valence-electron chi connectivity index (χ2n) is 10.3. The van der Waals surface area contributed by atoms with Crippen LogP contribution >= 0.6 is 15.9 Å². The number of hydrogen-bond donors (Lipinski definition) is 1. The van der Waals surface area contributed by atoms with Crippen LogP contribution in [0.3, 0.4) is 0 Å². The molecule has 3 nitrogen and oxygen atoms in total. The molecule has 1 atom stereocenters. The van der Waals surface area contributed by atoms with E-state index < -0.39 is 0 Å². The Morgan fingerprint density at radius 2 is 1.57 bits per heavy atom. The van der Waals surface area contributed by atoms with Crippen LogP contribution in [-0.2, 0) is 23.5 Å². The molecule has 0 spiro atoms. The maximum absolute atomic E-state index is 11.1. The second kappa shape index (κ2) is 15.4.